The van der Waals surface area contributed by atoms with Gasteiger partial charge in [0.05, 0.1) is 24.3 Å². The Morgan fingerprint density at radius 1 is 1.33 bits per heavy atom. The van der Waals surface area contributed by atoms with Crippen LogP contribution in [0, 0.1) is 10.1 Å². The molecule has 0 radical (unpaired) electrons. The highest BCUT2D eigenvalue weighted by molar-refractivity contribution is 8.00. The average molecular weight is 314 g/mol. The summed E-state index contributed by atoms with van der Waals surface area (Å²) in [5.41, 5.74) is 1.27. The van der Waals surface area contributed by atoms with Gasteiger partial charge < -0.3 is 14.2 Å². The van der Waals surface area contributed by atoms with Crippen molar-refractivity contribution in [2.45, 2.75) is 26.2 Å². The first-order valence-corrected chi connectivity index (χ1v) is 7.53. The van der Waals surface area contributed by atoms with Gasteiger partial charge in [0.25, 0.3) is 0 Å². The highest BCUT2D eigenvalue weighted by Crippen LogP contribution is 2.40. The lowest BCUT2D eigenvalue weighted by atomic mass is 9.86. The Morgan fingerprint density at radius 3 is 2.48 bits per heavy atom. The lowest BCUT2D eigenvalue weighted by molar-refractivity contribution is -0.385. The molecule has 0 fully saturated rings. The van der Waals surface area contributed by atoms with E-state index in [9.17, 15) is 10.1 Å². The maximum Gasteiger partial charge on any atom is 0.313 e. The second kappa shape index (κ2) is 7.51. The van der Waals surface area contributed by atoms with Gasteiger partial charge in [-0.2, -0.15) is 0 Å². The number of hydrogen-bond donors (Lipinski definition) is 1. The van der Waals surface area contributed by atoms with Crippen LogP contribution in [0.15, 0.2) is 12.1 Å². The number of hydrogen-bond acceptors (Lipinski definition) is 6. The van der Waals surface area contributed by atoms with Gasteiger partial charge in [0, 0.05) is 18.9 Å². The van der Waals surface area contributed by atoms with Crippen LogP contribution in [0.3, 0.4) is 0 Å². The summed E-state index contributed by atoms with van der Waals surface area (Å²) in [6.07, 6.45) is 0. The third kappa shape index (κ3) is 4.78. The molecule has 0 atom stereocenters. The molecule has 0 aromatic heterocycles. The maximum atomic E-state index is 11.3. The van der Waals surface area contributed by atoms with E-state index in [1.807, 2.05) is 26.8 Å². The summed E-state index contributed by atoms with van der Waals surface area (Å²) in [5.74, 6) is 0.977. The lowest BCUT2D eigenvalue weighted by Gasteiger charge is -2.21. The molecule has 0 bridgehead atoms. The van der Waals surface area contributed by atoms with Crippen LogP contribution in [0.1, 0.15) is 26.3 Å². The van der Waals surface area contributed by atoms with E-state index < -0.39 is 4.92 Å². The molecule has 0 aliphatic carbocycles. The van der Waals surface area contributed by atoms with Crippen molar-refractivity contribution in [3.05, 3.63) is 27.8 Å². The Hall–Kier alpha value is -1.47. The van der Waals surface area contributed by atoms with Crippen molar-refractivity contribution in [1.82, 2.24) is 0 Å². The molecule has 1 N–H and O–H groups in total. The van der Waals surface area contributed by atoms with Crippen molar-refractivity contribution in [3.63, 3.8) is 0 Å². The Balaban J connectivity index is 3.18. The first-order chi connectivity index (χ1) is 9.81. The Kier molecular flexibility index (Phi) is 6.29. The van der Waals surface area contributed by atoms with Gasteiger partial charge in [0.1, 0.15) is 0 Å². The van der Waals surface area contributed by atoms with Crippen LogP contribution in [0.2, 0.25) is 0 Å². The van der Waals surface area contributed by atoms with Crippen LogP contribution >= 0.6 is 11.9 Å². The average Bonchev–Trinajstić information content (AvgIpc) is 2.41. The molecule has 0 spiro atoms. The summed E-state index contributed by atoms with van der Waals surface area (Å²) in [4.78, 5) is 10.8. The number of ether oxygens (including phenoxy) is 2. The maximum absolute atomic E-state index is 11.3. The summed E-state index contributed by atoms with van der Waals surface area (Å²) >= 11 is 1.42. The minimum atomic E-state index is -0.418. The first-order valence-electron chi connectivity index (χ1n) is 6.55. The smallest absolute Gasteiger partial charge is 0.313 e. The molecule has 1 aromatic rings. The molecular formula is C14H22N2O4S. The van der Waals surface area contributed by atoms with Gasteiger partial charge in [-0.1, -0.05) is 32.7 Å². The van der Waals surface area contributed by atoms with Crippen molar-refractivity contribution in [2.24, 2.45) is 0 Å². The van der Waals surface area contributed by atoms with Gasteiger partial charge >= 0.3 is 5.69 Å². The zero-order valence-electron chi connectivity index (χ0n) is 13.1. The highest BCUT2D eigenvalue weighted by atomic mass is 32.2. The number of nitrogens with zero attached hydrogens (tertiary/aromatic N) is 1. The predicted octanol–water partition coefficient (Wildman–Crippen LogP) is 3.61. The van der Waals surface area contributed by atoms with E-state index in [2.05, 4.69) is 4.72 Å². The van der Waals surface area contributed by atoms with E-state index in [0.29, 0.717) is 12.3 Å². The quantitative estimate of drug-likeness (QED) is 0.359. The van der Waals surface area contributed by atoms with Gasteiger partial charge in [-0.15, -0.1) is 0 Å². The first kappa shape index (κ1) is 17.6. The number of methoxy groups -OCH3 is 2. The summed E-state index contributed by atoms with van der Waals surface area (Å²) in [7, 11) is 3.07. The normalized spacial score (nSPS) is 11.3. The topological polar surface area (TPSA) is 73.6 Å². The van der Waals surface area contributed by atoms with Crippen LogP contribution < -0.4 is 9.46 Å². The monoisotopic (exact) mass is 314 g/mol. The number of anilines is 1. The minimum Gasteiger partial charge on any atom is -0.489 e. The molecule has 0 aliphatic rings. The van der Waals surface area contributed by atoms with Gasteiger partial charge in [-0.25, -0.2) is 0 Å². The molecule has 0 aliphatic heterocycles. The fourth-order valence-corrected chi connectivity index (χ4v) is 2.39. The molecule has 0 amide bonds. The van der Waals surface area contributed by atoms with Gasteiger partial charge in [-0.05, 0) is 17.0 Å². The molecule has 21 heavy (non-hydrogen) atoms. The third-order valence-electron chi connectivity index (χ3n) is 2.91. The second-order valence-corrected chi connectivity index (χ2v) is 6.43. The van der Waals surface area contributed by atoms with Gasteiger partial charge in [0.2, 0.25) is 5.75 Å². The van der Waals surface area contributed by atoms with E-state index in [-0.39, 0.29) is 16.9 Å². The number of benzene rings is 1. The largest absolute Gasteiger partial charge is 0.489 e. The number of nitrogens with one attached hydrogen (secondary N) is 1. The fourth-order valence-electron chi connectivity index (χ4n) is 1.73. The molecule has 118 valence electrons. The van der Waals surface area contributed by atoms with Crippen LogP contribution in [0.25, 0.3) is 0 Å². The molecule has 0 heterocycles. The molecule has 1 aromatic carbocycles. The van der Waals surface area contributed by atoms with E-state index >= 15 is 0 Å². The van der Waals surface area contributed by atoms with E-state index in [1.54, 1.807) is 13.2 Å². The van der Waals surface area contributed by atoms with Crippen molar-refractivity contribution in [2.75, 3.05) is 31.3 Å². The molecule has 1 rings (SSSR count). The number of nitro benzene ring substituents is 1. The molecule has 0 saturated carbocycles. The molecular weight excluding hydrogens is 292 g/mol. The highest BCUT2D eigenvalue weighted by Gasteiger charge is 2.25. The van der Waals surface area contributed by atoms with Crippen LogP contribution in [-0.2, 0) is 10.2 Å². The lowest BCUT2D eigenvalue weighted by Crippen LogP contribution is -2.12. The third-order valence-corrected chi connectivity index (χ3v) is 3.64. The molecule has 0 unspecified atom stereocenters. The van der Waals surface area contributed by atoms with Crippen molar-refractivity contribution >= 4 is 23.3 Å². The van der Waals surface area contributed by atoms with Crippen LogP contribution in [-0.4, -0.2) is 31.5 Å². The summed E-state index contributed by atoms with van der Waals surface area (Å²) in [6.45, 7) is 6.64. The van der Waals surface area contributed by atoms with E-state index in [0.717, 1.165) is 11.3 Å². The Morgan fingerprint density at radius 2 is 2.00 bits per heavy atom. The van der Waals surface area contributed by atoms with Gasteiger partial charge in [-0.3, -0.25) is 10.1 Å². The van der Waals surface area contributed by atoms with Gasteiger partial charge in [0.15, 0.2) is 0 Å². The summed E-state index contributed by atoms with van der Waals surface area (Å²) in [5, 5.41) is 11.3. The zero-order chi connectivity index (χ0) is 16.0. The molecule has 6 nitrogen and oxygen atoms in total. The second-order valence-electron chi connectivity index (χ2n) is 5.53. The van der Waals surface area contributed by atoms with Crippen LogP contribution in [0.4, 0.5) is 11.4 Å². The molecule has 0 saturated heterocycles. The SMILES string of the molecule is COCCSNc1cc(C(C)(C)C)cc([N+](=O)[O-])c1OC. The standard InChI is InChI=1S/C14H22N2O4S/c1-14(2,3)10-8-11(15-21-7-6-19-4)13(20-5)12(9-10)16(17)18/h8-9,15H,6-7H2,1-5H3. The minimum absolute atomic E-state index is 0.0280. The van der Waals surface area contributed by atoms with Crippen molar-refractivity contribution in [3.8, 4) is 5.75 Å². The van der Waals surface area contributed by atoms with Crippen molar-refractivity contribution < 1.29 is 14.4 Å². The van der Waals surface area contributed by atoms with E-state index in [1.165, 1.54) is 19.1 Å². The van der Waals surface area contributed by atoms with E-state index in [4.69, 9.17) is 9.47 Å². The number of rotatable bonds is 7. The zero-order valence-corrected chi connectivity index (χ0v) is 13.9. The Labute approximate surface area is 129 Å². The predicted molar refractivity (Wildman–Crippen MR) is 86.3 cm³/mol. The number of nitro groups is 1. The molecule has 7 heteroatoms. The fraction of sp³-hybridized carbons (Fsp3) is 0.571. The van der Waals surface area contributed by atoms with Crippen LogP contribution in [0.5, 0.6) is 5.75 Å². The Bertz CT molecular complexity index is 500. The summed E-state index contributed by atoms with van der Waals surface area (Å²) in [6, 6.07) is 3.47. The summed E-state index contributed by atoms with van der Waals surface area (Å²) < 4.78 is 13.3. The van der Waals surface area contributed by atoms with Crippen molar-refractivity contribution in [1.29, 1.82) is 0 Å².